The third-order valence-electron chi connectivity index (χ3n) is 4.91. The summed E-state index contributed by atoms with van der Waals surface area (Å²) in [5.41, 5.74) is 8.54. The molecule has 0 unspecified atom stereocenters. The number of rotatable bonds is 8. The topological polar surface area (TPSA) is 97.4 Å². The van der Waals surface area contributed by atoms with Gasteiger partial charge in [0.1, 0.15) is 17.4 Å². The summed E-state index contributed by atoms with van der Waals surface area (Å²) < 4.78 is 25.3. The number of halogens is 2. The maximum atomic E-state index is 14.8. The molecule has 0 saturated carbocycles. The Labute approximate surface area is 192 Å². The number of nitrogens with one attached hydrogen (secondary N) is 2. The van der Waals surface area contributed by atoms with E-state index in [-0.39, 0.29) is 30.4 Å². The van der Waals surface area contributed by atoms with Crippen molar-refractivity contribution < 1.29 is 18.7 Å². The van der Waals surface area contributed by atoms with Gasteiger partial charge in [0, 0.05) is 24.8 Å². The molecule has 168 valence electrons. The van der Waals surface area contributed by atoms with Gasteiger partial charge in [0.25, 0.3) is 5.91 Å². The molecule has 3 aromatic carbocycles. The van der Waals surface area contributed by atoms with Gasteiger partial charge in [-0.2, -0.15) is 0 Å². The smallest absolute Gasteiger partial charge is 0.254 e. The van der Waals surface area contributed by atoms with Crippen LogP contribution in [0.25, 0.3) is 11.1 Å². The predicted octanol–water partition coefficient (Wildman–Crippen LogP) is 4.21. The minimum atomic E-state index is -1.08. The number of carbonyl (C=O) groups excluding carboxylic acids is 1. The van der Waals surface area contributed by atoms with Gasteiger partial charge in [0.2, 0.25) is 0 Å². The summed E-state index contributed by atoms with van der Waals surface area (Å²) in [6, 6.07) is 18.9. The maximum absolute atomic E-state index is 14.8. The minimum Gasteiger partial charge on any atom is -0.497 e. The molecule has 0 aliphatic rings. The highest BCUT2D eigenvalue weighted by molar-refractivity contribution is 5.94. The van der Waals surface area contributed by atoms with Crippen LogP contribution in [-0.4, -0.2) is 26.0 Å². The Morgan fingerprint density at radius 3 is 2.19 bits per heavy atom. The zero-order valence-corrected chi connectivity index (χ0v) is 18.5. The van der Waals surface area contributed by atoms with E-state index in [1.807, 2.05) is 12.1 Å². The van der Waals surface area contributed by atoms with Gasteiger partial charge in [-0.3, -0.25) is 10.2 Å². The van der Waals surface area contributed by atoms with Crippen molar-refractivity contribution in [2.24, 2.45) is 5.73 Å². The molecule has 0 aliphatic carbocycles. The zero-order chi connectivity index (χ0) is 22.4. The fraction of sp³-hybridized carbons (Fsp3) is 0.167. The first-order valence-corrected chi connectivity index (χ1v) is 9.60. The van der Waals surface area contributed by atoms with Crippen LogP contribution in [0.5, 0.6) is 5.75 Å². The standard InChI is InChI=1S/C24H24FN3O3.ClH/c1-30-19-10-7-16(8-11-19)18-9-12-20(21(25)13-18)22(31-2)24(29)28-14-15-3-5-17(6-4-15)23(26)27;/h3-13,22H,14H2,1-2H3,(H3,26,27)(H,28,29);1H/t22-;/m0./s1. The molecular formula is C24H25ClFN3O3. The Morgan fingerprint density at radius 2 is 1.66 bits per heavy atom. The molecule has 32 heavy (non-hydrogen) atoms. The lowest BCUT2D eigenvalue weighted by Gasteiger charge is -2.17. The fourth-order valence-corrected chi connectivity index (χ4v) is 3.16. The molecule has 0 bridgehead atoms. The molecule has 4 N–H and O–H groups in total. The quantitative estimate of drug-likeness (QED) is 0.348. The molecule has 0 spiro atoms. The third-order valence-corrected chi connectivity index (χ3v) is 4.91. The number of nitrogen functional groups attached to an aromatic ring is 1. The highest BCUT2D eigenvalue weighted by atomic mass is 35.5. The molecule has 6 nitrogen and oxygen atoms in total. The summed E-state index contributed by atoms with van der Waals surface area (Å²) in [4.78, 5) is 12.6. The van der Waals surface area contributed by atoms with Crippen LogP contribution in [0.1, 0.15) is 22.8 Å². The zero-order valence-electron chi connectivity index (χ0n) is 17.7. The van der Waals surface area contributed by atoms with Crippen LogP contribution in [0, 0.1) is 11.2 Å². The first-order valence-electron chi connectivity index (χ1n) is 9.60. The number of benzene rings is 3. The van der Waals surface area contributed by atoms with Gasteiger partial charge in [-0.05, 0) is 34.9 Å². The first kappa shape index (κ1) is 24.8. The minimum absolute atomic E-state index is 0. The Balaban J connectivity index is 0.00000363. The number of nitrogens with two attached hydrogens (primary N) is 1. The van der Waals surface area contributed by atoms with Gasteiger partial charge < -0.3 is 20.5 Å². The summed E-state index contributed by atoms with van der Waals surface area (Å²) >= 11 is 0. The second kappa shape index (κ2) is 11.3. The number of carbonyl (C=O) groups is 1. The van der Waals surface area contributed by atoms with E-state index in [0.717, 1.165) is 11.1 Å². The first-order chi connectivity index (χ1) is 14.9. The molecule has 1 atom stereocenters. The van der Waals surface area contributed by atoms with Crippen molar-refractivity contribution in [1.82, 2.24) is 5.32 Å². The molecular weight excluding hydrogens is 433 g/mol. The van der Waals surface area contributed by atoms with Crippen molar-refractivity contribution in [2.45, 2.75) is 12.6 Å². The van der Waals surface area contributed by atoms with Crippen LogP contribution in [0.2, 0.25) is 0 Å². The Morgan fingerprint density at radius 1 is 1.03 bits per heavy atom. The van der Waals surface area contributed by atoms with Crippen LogP contribution < -0.4 is 15.8 Å². The van der Waals surface area contributed by atoms with Crippen molar-refractivity contribution in [1.29, 1.82) is 5.41 Å². The van der Waals surface area contributed by atoms with Crippen LogP contribution in [-0.2, 0) is 16.1 Å². The van der Waals surface area contributed by atoms with Gasteiger partial charge in [-0.1, -0.05) is 48.5 Å². The SMILES string of the molecule is COc1ccc(-c2ccc([C@H](OC)C(=O)NCc3ccc(C(=N)N)cc3)c(F)c2)cc1.Cl. The molecule has 8 heteroatoms. The summed E-state index contributed by atoms with van der Waals surface area (Å²) in [6.07, 6.45) is -1.08. The Kier molecular flexibility index (Phi) is 8.75. The van der Waals surface area contributed by atoms with E-state index < -0.39 is 17.8 Å². The number of ether oxygens (including phenoxy) is 2. The van der Waals surface area contributed by atoms with Crippen LogP contribution >= 0.6 is 12.4 Å². The van der Waals surface area contributed by atoms with Gasteiger partial charge >= 0.3 is 0 Å². The van der Waals surface area contributed by atoms with E-state index in [1.165, 1.54) is 13.2 Å². The van der Waals surface area contributed by atoms with Gasteiger partial charge in [0.15, 0.2) is 6.10 Å². The monoisotopic (exact) mass is 457 g/mol. The van der Waals surface area contributed by atoms with Gasteiger partial charge in [-0.25, -0.2) is 4.39 Å². The normalized spacial score (nSPS) is 11.2. The number of hydrogen-bond donors (Lipinski definition) is 3. The molecule has 1 amide bonds. The number of hydrogen-bond acceptors (Lipinski definition) is 4. The Hall–Kier alpha value is -3.42. The highest BCUT2D eigenvalue weighted by Gasteiger charge is 2.23. The highest BCUT2D eigenvalue weighted by Crippen LogP contribution is 2.28. The van der Waals surface area contributed by atoms with E-state index in [0.29, 0.717) is 16.9 Å². The van der Waals surface area contributed by atoms with Crippen molar-refractivity contribution in [3.63, 3.8) is 0 Å². The summed E-state index contributed by atoms with van der Waals surface area (Å²) in [6.45, 7) is 0.239. The molecule has 3 aromatic rings. The average Bonchev–Trinajstić information content (AvgIpc) is 2.79. The van der Waals surface area contributed by atoms with Crippen LogP contribution in [0.4, 0.5) is 4.39 Å². The summed E-state index contributed by atoms with van der Waals surface area (Å²) in [7, 11) is 2.95. The van der Waals surface area contributed by atoms with Crippen molar-refractivity contribution in [2.75, 3.05) is 14.2 Å². The summed E-state index contributed by atoms with van der Waals surface area (Å²) in [5.74, 6) is -0.285. The lowest BCUT2D eigenvalue weighted by molar-refractivity contribution is -0.131. The average molecular weight is 458 g/mol. The lowest BCUT2D eigenvalue weighted by Crippen LogP contribution is -2.30. The van der Waals surface area contributed by atoms with Gasteiger partial charge in [-0.15, -0.1) is 12.4 Å². The van der Waals surface area contributed by atoms with Crippen molar-refractivity contribution in [3.8, 4) is 16.9 Å². The number of amides is 1. The van der Waals surface area contributed by atoms with Crippen molar-refractivity contribution >= 4 is 24.1 Å². The van der Waals surface area contributed by atoms with E-state index in [9.17, 15) is 9.18 Å². The molecule has 0 radical (unpaired) electrons. The largest absolute Gasteiger partial charge is 0.497 e. The van der Waals surface area contributed by atoms with E-state index in [1.54, 1.807) is 55.6 Å². The van der Waals surface area contributed by atoms with E-state index in [4.69, 9.17) is 20.6 Å². The van der Waals surface area contributed by atoms with Crippen molar-refractivity contribution in [3.05, 3.63) is 89.2 Å². The second-order valence-electron chi connectivity index (χ2n) is 6.91. The molecule has 0 aliphatic heterocycles. The molecule has 0 saturated heterocycles. The Bertz CT molecular complexity index is 1070. The number of methoxy groups -OCH3 is 2. The molecule has 3 rings (SSSR count). The third kappa shape index (κ3) is 5.84. The fourth-order valence-electron chi connectivity index (χ4n) is 3.16. The molecule has 0 heterocycles. The van der Waals surface area contributed by atoms with E-state index >= 15 is 0 Å². The lowest BCUT2D eigenvalue weighted by atomic mass is 10.0. The predicted molar refractivity (Wildman–Crippen MR) is 125 cm³/mol. The molecule has 0 fully saturated rings. The van der Waals surface area contributed by atoms with E-state index in [2.05, 4.69) is 5.32 Å². The summed E-state index contributed by atoms with van der Waals surface area (Å²) in [5, 5.41) is 10.2. The molecule has 0 aromatic heterocycles. The van der Waals surface area contributed by atoms with Gasteiger partial charge in [0.05, 0.1) is 7.11 Å². The van der Waals surface area contributed by atoms with Crippen LogP contribution in [0.15, 0.2) is 66.7 Å². The number of amidine groups is 1. The second-order valence-corrected chi connectivity index (χ2v) is 6.91. The maximum Gasteiger partial charge on any atom is 0.254 e. The van der Waals surface area contributed by atoms with Crippen LogP contribution in [0.3, 0.4) is 0 Å².